The van der Waals surface area contributed by atoms with Crippen LogP contribution >= 0.6 is 0 Å². The average molecular weight is 500 g/mol. The summed E-state index contributed by atoms with van der Waals surface area (Å²) >= 11 is 0. The summed E-state index contributed by atoms with van der Waals surface area (Å²) < 4.78 is 78.1. The summed E-state index contributed by atoms with van der Waals surface area (Å²) in [5, 5.41) is 4.27. The molecule has 1 unspecified atom stereocenters. The van der Waals surface area contributed by atoms with Crippen molar-refractivity contribution in [2.75, 3.05) is 41.3 Å². The second kappa shape index (κ2) is 12.0. The van der Waals surface area contributed by atoms with Gasteiger partial charge in [0.15, 0.2) is 6.17 Å². The van der Waals surface area contributed by atoms with Gasteiger partial charge in [-0.15, -0.1) is 0 Å². The van der Waals surface area contributed by atoms with Gasteiger partial charge in [-0.25, -0.2) is 0 Å². The Labute approximate surface area is 192 Å². The first-order valence-corrected chi connectivity index (χ1v) is 9.80. The highest BCUT2D eigenvalue weighted by atomic mass is 19.4. The smallest absolute Gasteiger partial charge is 0.345 e. The van der Waals surface area contributed by atoms with E-state index in [9.17, 15) is 40.7 Å². The molecule has 9 nitrogen and oxygen atoms in total. The Bertz CT molecular complexity index is 860. The van der Waals surface area contributed by atoms with E-state index >= 15 is 0 Å². The molecule has 0 aliphatic carbocycles. The van der Waals surface area contributed by atoms with Crippen molar-refractivity contribution >= 4 is 17.7 Å². The SMILES string of the molecule is CN(C)CCNCc1ccnc(CN(C(=O)C(F)(F)F)C(NC(=O)C(F)(F)F)C(=O)N(C)C)c1. The van der Waals surface area contributed by atoms with Crippen LogP contribution in [0.1, 0.15) is 11.3 Å². The average Bonchev–Trinajstić information content (AvgIpc) is 2.71. The van der Waals surface area contributed by atoms with Crippen LogP contribution in [-0.4, -0.2) is 97.2 Å². The van der Waals surface area contributed by atoms with Crippen LogP contribution in [0.5, 0.6) is 0 Å². The first-order chi connectivity index (χ1) is 15.5. The van der Waals surface area contributed by atoms with Crippen LogP contribution in [0, 0.1) is 0 Å². The maximum Gasteiger partial charge on any atom is 0.471 e. The van der Waals surface area contributed by atoms with Crippen molar-refractivity contribution in [1.82, 2.24) is 30.3 Å². The van der Waals surface area contributed by atoms with E-state index in [0.717, 1.165) is 14.1 Å². The van der Waals surface area contributed by atoms with Crippen LogP contribution in [0.25, 0.3) is 0 Å². The van der Waals surface area contributed by atoms with Crippen molar-refractivity contribution in [3.63, 3.8) is 0 Å². The first-order valence-electron chi connectivity index (χ1n) is 9.80. The Morgan fingerprint density at radius 2 is 1.65 bits per heavy atom. The number of aromatic nitrogens is 1. The fourth-order valence-electron chi connectivity index (χ4n) is 2.60. The van der Waals surface area contributed by atoms with Gasteiger partial charge in [0.2, 0.25) is 0 Å². The van der Waals surface area contributed by atoms with Crippen molar-refractivity contribution in [2.45, 2.75) is 31.6 Å². The van der Waals surface area contributed by atoms with E-state index in [-0.39, 0.29) is 10.6 Å². The van der Waals surface area contributed by atoms with Crippen LogP contribution < -0.4 is 10.6 Å². The van der Waals surface area contributed by atoms with Gasteiger partial charge in [0, 0.05) is 39.9 Å². The predicted octanol–water partition coefficient (Wildman–Crippen LogP) is 0.717. The molecule has 0 aliphatic heterocycles. The number of alkyl halides is 6. The standard InChI is InChI=1S/C19H26F6N6O3/c1-29(2)8-7-26-10-12-5-6-27-13(9-12)11-31(17(34)19(23,24)25)14(15(32)30(3)4)28-16(33)18(20,21)22/h5-6,9,14,26H,7-8,10-11H2,1-4H3,(H,28,33). The Morgan fingerprint density at radius 3 is 2.15 bits per heavy atom. The van der Waals surface area contributed by atoms with Crippen molar-refractivity contribution in [3.8, 4) is 0 Å². The first kappa shape index (κ1) is 29.1. The highest BCUT2D eigenvalue weighted by Crippen LogP contribution is 2.23. The topological polar surface area (TPSA) is 97.9 Å². The lowest BCUT2D eigenvalue weighted by Gasteiger charge is -2.33. The molecule has 0 aliphatic rings. The zero-order chi connectivity index (χ0) is 26.3. The largest absolute Gasteiger partial charge is 0.471 e. The molecule has 34 heavy (non-hydrogen) atoms. The Hall–Kier alpha value is -2.94. The van der Waals surface area contributed by atoms with Gasteiger partial charge in [-0.3, -0.25) is 19.4 Å². The molecule has 15 heteroatoms. The number of pyridine rings is 1. The number of nitrogens with zero attached hydrogens (tertiary/aromatic N) is 4. The molecule has 1 atom stereocenters. The summed E-state index contributed by atoms with van der Waals surface area (Å²) in [6.45, 7) is 0.596. The van der Waals surface area contributed by atoms with Crippen molar-refractivity contribution in [2.24, 2.45) is 0 Å². The zero-order valence-electron chi connectivity index (χ0n) is 18.9. The van der Waals surface area contributed by atoms with E-state index in [1.807, 2.05) is 19.0 Å². The molecule has 1 aromatic heterocycles. The molecule has 0 fully saturated rings. The molecular weight excluding hydrogens is 474 g/mol. The highest BCUT2D eigenvalue weighted by molar-refractivity contribution is 5.93. The van der Waals surface area contributed by atoms with Crippen LogP contribution in [0.4, 0.5) is 26.3 Å². The molecule has 0 spiro atoms. The summed E-state index contributed by atoms with van der Waals surface area (Å²) in [5.74, 6) is -6.68. The summed E-state index contributed by atoms with van der Waals surface area (Å²) in [7, 11) is 5.82. The lowest BCUT2D eigenvalue weighted by Crippen LogP contribution is -2.61. The van der Waals surface area contributed by atoms with Gasteiger partial charge in [-0.1, -0.05) is 0 Å². The molecular formula is C19H26F6N6O3. The van der Waals surface area contributed by atoms with E-state index in [0.29, 0.717) is 30.1 Å². The van der Waals surface area contributed by atoms with Gasteiger partial charge in [-0.2, -0.15) is 26.3 Å². The number of halogens is 6. The van der Waals surface area contributed by atoms with Gasteiger partial charge >= 0.3 is 24.2 Å². The minimum Gasteiger partial charge on any atom is -0.345 e. The maximum absolute atomic E-state index is 13.3. The van der Waals surface area contributed by atoms with Crippen molar-refractivity contribution < 1.29 is 40.7 Å². The monoisotopic (exact) mass is 500 g/mol. The zero-order valence-corrected chi connectivity index (χ0v) is 18.9. The second-order valence-corrected chi connectivity index (χ2v) is 7.67. The molecule has 0 saturated carbocycles. The number of hydrogen-bond acceptors (Lipinski definition) is 6. The fourth-order valence-corrected chi connectivity index (χ4v) is 2.60. The van der Waals surface area contributed by atoms with E-state index < -0.39 is 42.8 Å². The van der Waals surface area contributed by atoms with Gasteiger partial charge in [0.25, 0.3) is 5.91 Å². The van der Waals surface area contributed by atoms with Crippen LogP contribution in [0.15, 0.2) is 18.3 Å². The molecule has 2 N–H and O–H groups in total. The number of likely N-dealkylation sites (N-methyl/N-ethyl adjacent to an activating group) is 2. The van der Waals surface area contributed by atoms with Gasteiger partial charge in [-0.05, 0) is 31.8 Å². The minimum atomic E-state index is -5.54. The molecule has 1 heterocycles. The molecule has 0 saturated heterocycles. The normalized spacial score (nSPS) is 12.9. The third kappa shape index (κ3) is 9.13. The third-order valence-corrected chi connectivity index (χ3v) is 4.29. The lowest BCUT2D eigenvalue weighted by molar-refractivity contribution is -0.193. The van der Waals surface area contributed by atoms with Gasteiger partial charge in [0.1, 0.15) is 0 Å². The Balaban J connectivity index is 3.27. The van der Waals surface area contributed by atoms with E-state index in [1.165, 1.54) is 17.6 Å². The molecule has 3 amide bonds. The van der Waals surface area contributed by atoms with E-state index in [4.69, 9.17) is 0 Å². The Morgan fingerprint density at radius 1 is 1.03 bits per heavy atom. The van der Waals surface area contributed by atoms with E-state index in [1.54, 1.807) is 6.07 Å². The molecule has 192 valence electrons. The molecule has 1 rings (SSSR count). The van der Waals surface area contributed by atoms with Crippen LogP contribution in [-0.2, 0) is 27.5 Å². The minimum absolute atomic E-state index is 0.137. The molecule has 0 bridgehead atoms. The maximum atomic E-state index is 13.3. The number of carbonyl (C=O) groups is 3. The van der Waals surface area contributed by atoms with Crippen molar-refractivity contribution in [3.05, 3.63) is 29.6 Å². The number of rotatable bonds is 10. The molecule has 1 aromatic rings. The van der Waals surface area contributed by atoms with E-state index in [2.05, 4.69) is 10.3 Å². The fraction of sp³-hybridized carbons (Fsp3) is 0.579. The van der Waals surface area contributed by atoms with Crippen molar-refractivity contribution in [1.29, 1.82) is 0 Å². The second-order valence-electron chi connectivity index (χ2n) is 7.67. The van der Waals surface area contributed by atoms with Crippen LogP contribution in [0.2, 0.25) is 0 Å². The number of carbonyl (C=O) groups excluding carboxylic acids is 3. The number of hydrogen-bond donors (Lipinski definition) is 2. The highest BCUT2D eigenvalue weighted by Gasteiger charge is 2.49. The quantitative estimate of drug-likeness (QED) is 0.279. The third-order valence-electron chi connectivity index (χ3n) is 4.29. The lowest BCUT2D eigenvalue weighted by atomic mass is 10.2. The summed E-state index contributed by atoms with van der Waals surface area (Å²) in [5.41, 5.74) is 0.431. The summed E-state index contributed by atoms with van der Waals surface area (Å²) in [4.78, 5) is 42.2. The molecule has 0 radical (unpaired) electrons. The number of nitrogens with one attached hydrogen (secondary N) is 2. The van der Waals surface area contributed by atoms with Gasteiger partial charge in [0.05, 0.1) is 12.2 Å². The molecule has 0 aromatic carbocycles. The number of amides is 3. The van der Waals surface area contributed by atoms with Crippen LogP contribution in [0.3, 0.4) is 0 Å². The summed E-state index contributed by atoms with van der Waals surface area (Å²) in [6, 6.07) is 2.89. The summed E-state index contributed by atoms with van der Waals surface area (Å²) in [6.07, 6.45) is -12.4. The predicted molar refractivity (Wildman–Crippen MR) is 108 cm³/mol. The van der Waals surface area contributed by atoms with Gasteiger partial charge < -0.3 is 25.3 Å². The Kier molecular flexibility index (Phi) is 10.2.